The standard InChI is InChI=1S/C22H33N3O5/c1-15(2)12-24-7-8-30-18(14-24)11-23-22(27)16-9-21(26)25(13-16)17-5-6-19(28-3)20(10-17)29-4/h5-6,10,15-16,18H,7-9,11-14H2,1-4H3,(H,23,27). The molecular formula is C22H33N3O5. The number of ether oxygens (including phenoxy) is 3. The number of nitrogens with one attached hydrogen (secondary N) is 1. The second-order valence-electron chi connectivity index (χ2n) is 8.34. The Labute approximate surface area is 178 Å². The lowest BCUT2D eigenvalue weighted by molar-refractivity contribution is -0.127. The molecule has 2 saturated heterocycles. The van der Waals surface area contributed by atoms with Crippen LogP contribution in [-0.2, 0) is 14.3 Å². The van der Waals surface area contributed by atoms with Crippen molar-refractivity contribution in [3.8, 4) is 11.5 Å². The van der Waals surface area contributed by atoms with Gasteiger partial charge in [0.05, 0.1) is 32.8 Å². The third-order valence-electron chi connectivity index (χ3n) is 5.52. The fraction of sp³-hybridized carbons (Fsp3) is 0.636. The molecule has 1 N–H and O–H groups in total. The Hall–Kier alpha value is -2.32. The number of rotatable bonds is 8. The van der Waals surface area contributed by atoms with Crippen molar-refractivity contribution in [1.82, 2.24) is 10.2 Å². The summed E-state index contributed by atoms with van der Waals surface area (Å²) in [6.07, 6.45) is 0.186. The molecular weight excluding hydrogens is 386 g/mol. The predicted molar refractivity (Wildman–Crippen MR) is 114 cm³/mol. The number of morpholine rings is 1. The minimum absolute atomic E-state index is 0.0134. The van der Waals surface area contributed by atoms with Gasteiger partial charge in [-0.15, -0.1) is 0 Å². The molecule has 2 heterocycles. The van der Waals surface area contributed by atoms with Crippen LogP contribution in [0.25, 0.3) is 0 Å². The highest BCUT2D eigenvalue weighted by molar-refractivity contribution is 6.00. The Kier molecular flexibility index (Phi) is 7.55. The van der Waals surface area contributed by atoms with Crippen LogP contribution in [0.15, 0.2) is 18.2 Å². The van der Waals surface area contributed by atoms with Crippen molar-refractivity contribution in [2.75, 3.05) is 58.5 Å². The molecule has 0 aromatic heterocycles. The number of amides is 2. The van der Waals surface area contributed by atoms with Crippen LogP contribution in [-0.4, -0.2) is 76.4 Å². The molecule has 2 unspecified atom stereocenters. The normalized spacial score (nSPS) is 22.4. The van der Waals surface area contributed by atoms with Gasteiger partial charge in [0.1, 0.15) is 0 Å². The number of carbonyl (C=O) groups is 2. The van der Waals surface area contributed by atoms with E-state index in [2.05, 4.69) is 24.1 Å². The van der Waals surface area contributed by atoms with Crippen LogP contribution in [0.1, 0.15) is 20.3 Å². The summed E-state index contributed by atoms with van der Waals surface area (Å²) in [7, 11) is 3.12. The van der Waals surface area contributed by atoms with Crippen LogP contribution in [0.4, 0.5) is 5.69 Å². The molecule has 1 aromatic carbocycles. The van der Waals surface area contributed by atoms with Gasteiger partial charge in [0.2, 0.25) is 11.8 Å². The van der Waals surface area contributed by atoms with Crippen molar-refractivity contribution < 1.29 is 23.8 Å². The Morgan fingerprint density at radius 2 is 2.00 bits per heavy atom. The van der Waals surface area contributed by atoms with Gasteiger partial charge in [-0.2, -0.15) is 0 Å². The molecule has 0 bridgehead atoms. The van der Waals surface area contributed by atoms with Gasteiger partial charge in [-0.1, -0.05) is 13.8 Å². The molecule has 166 valence electrons. The summed E-state index contributed by atoms with van der Waals surface area (Å²) in [4.78, 5) is 29.2. The van der Waals surface area contributed by atoms with Crippen LogP contribution in [0.3, 0.4) is 0 Å². The molecule has 1 aromatic rings. The van der Waals surface area contributed by atoms with E-state index in [0.717, 1.165) is 19.6 Å². The van der Waals surface area contributed by atoms with E-state index in [1.54, 1.807) is 37.3 Å². The van der Waals surface area contributed by atoms with Gasteiger partial charge in [-0.25, -0.2) is 0 Å². The Morgan fingerprint density at radius 1 is 1.23 bits per heavy atom. The lowest BCUT2D eigenvalue weighted by Crippen LogP contribution is -2.49. The number of hydrogen-bond acceptors (Lipinski definition) is 6. The van der Waals surface area contributed by atoms with Crippen molar-refractivity contribution in [3.63, 3.8) is 0 Å². The van der Waals surface area contributed by atoms with Gasteiger partial charge in [-0.3, -0.25) is 14.5 Å². The number of hydrogen-bond donors (Lipinski definition) is 1. The smallest absolute Gasteiger partial charge is 0.227 e. The summed E-state index contributed by atoms with van der Waals surface area (Å²) >= 11 is 0. The van der Waals surface area contributed by atoms with Gasteiger partial charge in [-0.05, 0) is 18.1 Å². The van der Waals surface area contributed by atoms with Crippen LogP contribution < -0.4 is 19.7 Å². The first kappa shape index (κ1) is 22.4. The third-order valence-corrected chi connectivity index (χ3v) is 5.52. The Bertz CT molecular complexity index is 754. The number of benzene rings is 1. The van der Waals surface area contributed by atoms with E-state index < -0.39 is 0 Å². The molecule has 8 heteroatoms. The van der Waals surface area contributed by atoms with Crippen molar-refractivity contribution in [2.45, 2.75) is 26.4 Å². The van der Waals surface area contributed by atoms with E-state index in [1.165, 1.54) is 0 Å². The predicted octanol–water partition coefficient (Wildman–Crippen LogP) is 1.53. The molecule has 2 amide bonds. The van der Waals surface area contributed by atoms with E-state index in [1.807, 2.05) is 0 Å². The number of carbonyl (C=O) groups excluding carboxylic acids is 2. The van der Waals surface area contributed by atoms with E-state index in [4.69, 9.17) is 14.2 Å². The first-order chi connectivity index (χ1) is 14.4. The molecule has 8 nitrogen and oxygen atoms in total. The van der Waals surface area contributed by atoms with Crippen LogP contribution in [0.5, 0.6) is 11.5 Å². The molecule has 2 aliphatic heterocycles. The maximum atomic E-state index is 12.7. The van der Waals surface area contributed by atoms with Gasteiger partial charge in [0, 0.05) is 50.9 Å². The summed E-state index contributed by atoms with van der Waals surface area (Å²) in [6.45, 7) is 8.69. The lowest BCUT2D eigenvalue weighted by Gasteiger charge is -2.34. The van der Waals surface area contributed by atoms with Crippen LogP contribution in [0, 0.1) is 11.8 Å². The van der Waals surface area contributed by atoms with Gasteiger partial charge >= 0.3 is 0 Å². The molecule has 30 heavy (non-hydrogen) atoms. The molecule has 0 spiro atoms. The molecule has 2 atom stereocenters. The zero-order valence-corrected chi connectivity index (χ0v) is 18.3. The van der Waals surface area contributed by atoms with E-state index in [0.29, 0.717) is 42.8 Å². The van der Waals surface area contributed by atoms with Gasteiger partial charge < -0.3 is 24.4 Å². The van der Waals surface area contributed by atoms with Gasteiger partial charge in [0.15, 0.2) is 11.5 Å². The van der Waals surface area contributed by atoms with Gasteiger partial charge in [0.25, 0.3) is 0 Å². The zero-order valence-electron chi connectivity index (χ0n) is 18.3. The van der Waals surface area contributed by atoms with Crippen molar-refractivity contribution in [1.29, 1.82) is 0 Å². The third kappa shape index (κ3) is 5.43. The first-order valence-electron chi connectivity index (χ1n) is 10.5. The second kappa shape index (κ2) is 10.1. The molecule has 0 saturated carbocycles. The highest BCUT2D eigenvalue weighted by Crippen LogP contribution is 2.34. The molecule has 0 aliphatic carbocycles. The number of anilines is 1. The average molecular weight is 420 g/mol. The monoisotopic (exact) mass is 419 g/mol. The summed E-state index contributed by atoms with van der Waals surface area (Å²) in [5.41, 5.74) is 0.702. The highest BCUT2D eigenvalue weighted by atomic mass is 16.5. The van der Waals surface area contributed by atoms with E-state index in [9.17, 15) is 9.59 Å². The van der Waals surface area contributed by atoms with Crippen molar-refractivity contribution in [2.24, 2.45) is 11.8 Å². The van der Waals surface area contributed by atoms with E-state index >= 15 is 0 Å². The number of nitrogens with zero attached hydrogens (tertiary/aromatic N) is 2. The summed E-state index contributed by atoms with van der Waals surface area (Å²) < 4.78 is 16.4. The Morgan fingerprint density at radius 3 is 2.70 bits per heavy atom. The zero-order chi connectivity index (χ0) is 21.7. The average Bonchev–Trinajstić information content (AvgIpc) is 3.13. The molecule has 2 fully saturated rings. The fourth-order valence-corrected chi connectivity index (χ4v) is 4.07. The maximum absolute atomic E-state index is 12.7. The van der Waals surface area contributed by atoms with Crippen molar-refractivity contribution >= 4 is 17.5 Å². The Balaban J connectivity index is 1.54. The maximum Gasteiger partial charge on any atom is 0.227 e. The van der Waals surface area contributed by atoms with Crippen LogP contribution >= 0.6 is 0 Å². The van der Waals surface area contributed by atoms with Crippen molar-refractivity contribution in [3.05, 3.63) is 18.2 Å². The lowest BCUT2D eigenvalue weighted by atomic mass is 10.1. The summed E-state index contributed by atoms with van der Waals surface area (Å²) in [5.74, 6) is 1.21. The molecule has 0 radical (unpaired) electrons. The quantitative estimate of drug-likeness (QED) is 0.688. The summed E-state index contributed by atoms with van der Waals surface area (Å²) in [5, 5.41) is 2.99. The highest BCUT2D eigenvalue weighted by Gasteiger charge is 2.35. The summed E-state index contributed by atoms with van der Waals surface area (Å²) in [6, 6.07) is 5.33. The van der Waals surface area contributed by atoms with Crippen LogP contribution in [0.2, 0.25) is 0 Å². The molecule has 2 aliphatic rings. The van der Waals surface area contributed by atoms with E-state index in [-0.39, 0.29) is 30.3 Å². The first-order valence-corrected chi connectivity index (χ1v) is 10.5. The topological polar surface area (TPSA) is 80.3 Å². The SMILES string of the molecule is COc1ccc(N2CC(C(=O)NCC3CN(CC(C)C)CCO3)CC2=O)cc1OC. The minimum Gasteiger partial charge on any atom is -0.493 e. The minimum atomic E-state index is -0.374. The second-order valence-corrected chi connectivity index (χ2v) is 8.34. The largest absolute Gasteiger partial charge is 0.493 e. The molecule has 3 rings (SSSR count). The fourth-order valence-electron chi connectivity index (χ4n) is 4.07. The number of methoxy groups -OCH3 is 2.